The SMILES string of the molecule is C[C@H](NCc1cc(Cl)c(O[C@H]2CCc3c(-c4ccccc4F)cccc32)cc1OCc1cncc(C#N)c1)C(=O)N[C@@H](C)P(=O)(O)O. The summed E-state index contributed by atoms with van der Waals surface area (Å²) in [6.45, 7) is 2.98. The summed E-state index contributed by atoms with van der Waals surface area (Å²) in [4.78, 5) is 35.3. The van der Waals surface area contributed by atoms with E-state index in [1.54, 1.807) is 49.5 Å². The zero-order valence-corrected chi connectivity index (χ0v) is 27.3. The fraction of sp³-hybridized carbons (Fsp3) is 0.265. The van der Waals surface area contributed by atoms with E-state index in [4.69, 9.17) is 21.1 Å². The molecular weight excluding hydrogens is 646 g/mol. The van der Waals surface area contributed by atoms with Crippen molar-refractivity contribution in [3.63, 3.8) is 0 Å². The van der Waals surface area contributed by atoms with Crippen molar-refractivity contribution in [1.29, 1.82) is 5.26 Å². The van der Waals surface area contributed by atoms with Crippen molar-refractivity contribution in [2.24, 2.45) is 0 Å². The van der Waals surface area contributed by atoms with Gasteiger partial charge in [-0.2, -0.15) is 5.26 Å². The molecule has 1 aromatic heterocycles. The molecule has 3 aromatic carbocycles. The highest BCUT2D eigenvalue weighted by Crippen LogP contribution is 2.43. The lowest BCUT2D eigenvalue weighted by molar-refractivity contribution is -0.123. The summed E-state index contributed by atoms with van der Waals surface area (Å²) < 4.78 is 38.8. The Bertz CT molecular complexity index is 1880. The first-order chi connectivity index (χ1) is 22.4. The molecule has 4 N–H and O–H groups in total. The Morgan fingerprint density at radius 3 is 2.64 bits per heavy atom. The number of ether oxygens (including phenoxy) is 2. The van der Waals surface area contributed by atoms with Crippen LogP contribution < -0.4 is 20.1 Å². The third-order valence-electron chi connectivity index (χ3n) is 7.93. The average Bonchev–Trinajstić information content (AvgIpc) is 3.46. The molecule has 47 heavy (non-hydrogen) atoms. The van der Waals surface area contributed by atoms with Crippen LogP contribution in [0.25, 0.3) is 11.1 Å². The van der Waals surface area contributed by atoms with Crippen LogP contribution in [0.1, 0.15) is 54.2 Å². The Labute approximate surface area is 276 Å². The fourth-order valence-corrected chi connectivity index (χ4v) is 5.85. The molecule has 1 aliphatic carbocycles. The molecule has 4 aromatic rings. The molecule has 0 bridgehead atoms. The molecule has 0 radical (unpaired) electrons. The second-order valence-corrected chi connectivity index (χ2v) is 13.6. The van der Waals surface area contributed by atoms with Crippen molar-refractivity contribution in [3.05, 3.63) is 112 Å². The van der Waals surface area contributed by atoms with Gasteiger partial charge < -0.3 is 29.9 Å². The average molecular weight is 679 g/mol. The molecule has 10 nitrogen and oxygen atoms in total. The van der Waals surface area contributed by atoms with Crippen LogP contribution in [0.3, 0.4) is 0 Å². The first-order valence-corrected chi connectivity index (χ1v) is 16.9. The summed E-state index contributed by atoms with van der Waals surface area (Å²) >= 11 is 6.74. The van der Waals surface area contributed by atoms with Crippen molar-refractivity contribution in [1.82, 2.24) is 15.6 Å². The number of nitrogens with one attached hydrogen (secondary N) is 2. The number of hydrogen-bond donors (Lipinski definition) is 4. The van der Waals surface area contributed by atoms with E-state index >= 15 is 0 Å². The topological polar surface area (TPSA) is 154 Å². The molecule has 0 spiro atoms. The summed E-state index contributed by atoms with van der Waals surface area (Å²) in [6, 6.07) is 18.7. The Kier molecular flexibility index (Phi) is 10.6. The van der Waals surface area contributed by atoms with E-state index in [0.717, 1.165) is 16.7 Å². The molecule has 5 rings (SSSR count). The first kappa shape index (κ1) is 34.0. The number of halogens is 2. The van der Waals surface area contributed by atoms with E-state index < -0.39 is 25.3 Å². The standard InChI is InChI=1S/C34H33ClFN4O6P/c1-20(34(41)40-21(2)47(42,43)44)39-18-24-13-29(35)33(14-32(24)45-19-23-12-22(15-37)16-38-17-23)46-31-11-10-26-25(7-5-8-28(26)31)27-6-3-4-9-30(27)36/h3-9,12-14,16-17,20-21,31,39H,10-11,18-19H2,1-2H3,(H,40,41)(H2,42,43,44)/t20-,21+,31-/m0/s1. The summed E-state index contributed by atoms with van der Waals surface area (Å²) in [5.74, 6) is -1.47. The molecule has 0 saturated carbocycles. The van der Waals surface area contributed by atoms with Crippen LogP contribution in [0, 0.1) is 17.1 Å². The number of carbonyl (C=O) groups excluding carboxylic acids is 1. The third kappa shape index (κ3) is 8.17. The van der Waals surface area contributed by atoms with Crippen molar-refractivity contribution in [2.45, 2.75) is 57.8 Å². The number of nitrogens with zero attached hydrogens (tertiary/aromatic N) is 2. The van der Waals surface area contributed by atoms with Gasteiger partial charge in [-0.1, -0.05) is 48.0 Å². The number of carbonyl (C=O) groups is 1. The normalized spacial score (nSPS) is 15.3. The van der Waals surface area contributed by atoms with E-state index in [-0.39, 0.29) is 25.1 Å². The molecule has 0 fully saturated rings. The number of benzene rings is 3. The Hall–Kier alpha value is -4.30. The highest BCUT2D eigenvalue weighted by Gasteiger charge is 2.29. The van der Waals surface area contributed by atoms with Crippen molar-refractivity contribution >= 4 is 25.1 Å². The largest absolute Gasteiger partial charge is 0.488 e. The molecule has 13 heteroatoms. The quantitative estimate of drug-likeness (QED) is 0.129. The van der Waals surface area contributed by atoms with Crippen LogP contribution in [-0.4, -0.2) is 32.5 Å². The Morgan fingerprint density at radius 2 is 1.89 bits per heavy atom. The van der Waals surface area contributed by atoms with Gasteiger partial charge in [-0.3, -0.25) is 14.3 Å². The zero-order valence-electron chi connectivity index (χ0n) is 25.6. The molecule has 1 amide bonds. The Balaban J connectivity index is 1.39. The van der Waals surface area contributed by atoms with Gasteiger partial charge >= 0.3 is 7.60 Å². The summed E-state index contributed by atoms with van der Waals surface area (Å²) in [5, 5.41) is 14.9. The maximum Gasteiger partial charge on any atom is 0.347 e. The third-order valence-corrected chi connectivity index (χ3v) is 9.36. The van der Waals surface area contributed by atoms with Crippen LogP contribution in [0.5, 0.6) is 11.5 Å². The summed E-state index contributed by atoms with van der Waals surface area (Å²) in [6.07, 6.45) is 4.04. The van der Waals surface area contributed by atoms with Crippen LogP contribution in [0.15, 0.2) is 73.1 Å². The number of nitriles is 1. The van der Waals surface area contributed by atoms with E-state index in [1.807, 2.05) is 18.2 Å². The molecular formula is C34H33ClFN4O6P. The smallest absolute Gasteiger partial charge is 0.347 e. The molecule has 1 heterocycles. The monoisotopic (exact) mass is 678 g/mol. The van der Waals surface area contributed by atoms with Gasteiger partial charge in [0.25, 0.3) is 0 Å². The number of aromatic nitrogens is 1. The van der Waals surface area contributed by atoms with Gasteiger partial charge in [0.1, 0.15) is 41.9 Å². The van der Waals surface area contributed by atoms with Crippen LogP contribution >= 0.6 is 19.2 Å². The van der Waals surface area contributed by atoms with Crippen molar-refractivity contribution in [3.8, 4) is 28.7 Å². The minimum absolute atomic E-state index is 0.0741. The summed E-state index contributed by atoms with van der Waals surface area (Å²) in [5.41, 5.74) is 4.94. The molecule has 0 aliphatic heterocycles. The maximum atomic E-state index is 14.7. The summed E-state index contributed by atoms with van der Waals surface area (Å²) in [7, 11) is -4.50. The number of pyridine rings is 1. The van der Waals surface area contributed by atoms with Gasteiger partial charge in [0.15, 0.2) is 0 Å². The van der Waals surface area contributed by atoms with Crippen LogP contribution in [-0.2, 0) is 28.9 Å². The Morgan fingerprint density at radius 1 is 1.13 bits per heavy atom. The van der Waals surface area contributed by atoms with Crippen LogP contribution in [0.4, 0.5) is 4.39 Å². The van der Waals surface area contributed by atoms with Gasteiger partial charge in [0.05, 0.1) is 16.6 Å². The van der Waals surface area contributed by atoms with Crippen molar-refractivity contribution < 1.29 is 33.0 Å². The van der Waals surface area contributed by atoms with Crippen molar-refractivity contribution in [2.75, 3.05) is 0 Å². The van der Waals surface area contributed by atoms with Gasteiger partial charge in [-0.15, -0.1) is 0 Å². The van der Waals surface area contributed by atoms with Gasteiger partial charge in [-0.05, 0) is 61.6 Å². The second kappa shape index (κ2) is 14.6. The number of rotatable bonds is 12. The highest BCUT2D eigenvalue weighted by molar-refractivity contribution is 7.52. The van der Waals surface area contributed by atoms with E-state index in [0.29, 0.717) is 51.6 Å². The predicted molar refractivity (Wildman–Crippen MR) is 174 cm³/mol. The number of hydrogen-bond acceptors (Lipinski definition) is 7. The lowest BCUT2D eigenvalue weighted by Crippen LogP contribution is -2.45. The van der Waals surface area contributed by atoms with E-state index in [9.17, 15) is 28.8 Å². The van der Waals surface area contributed by atoms with E-state index in [2.05, 4.69) is 21.7 Å². The van der Waals surface area contributed by atoms with Crippen LogP contribution in [0.2, 0.25) is 5.02 Å². The van der Waals surface area contributed by atoms with E-state index in [1.165, 1.54) is 19.2 Å². The van der Waals surface area contributed by atoms with Gasteiger partial charge in [0.2, 0.25) is 5.91 Å². The predicted octanol–water partition coefficient (Wildman–Crippen LogP) is 6.18. The fourth-order valence-electron chi connectivity index (χ4n) is 5.32. The number of amides is 1. The molecule has 244 valence electrons. The van der Waals surface area contributed by atoms with Gasteiger partial charge in [-0.25, -0.2) is 4.39 Å². The lowest BCUT2D eigenvalue weighted by atomic mass is 9.96. The minimum Gasteiger partial charge on any atom is -0.488 e. The molecule has 3 atom stereocenters. The second-order valence-electron chi connectivity index (χ2n) is 11.2. The lowest BCUT2D eigenvalue weighted by Gasteiger charge is -2.21. The first-order valence-electron chi connectivity index (χ1n) is 14.9. The number of fused-ring (bicyclic) bond motifs is 1. The highest BCUT2D eigenvalue weighted by atomic mass is 35.5. The minimum atomic E-state index is -4.50. The molecule has 1 aliphatic rings. The molecule has 0 unspecified atom stereocenters. The molecule has 0 saturated heterocycles. The zero-order chi connectivity index (χ0) is 33.7. The van der Waals surface area contributed by atoms with Gasteiger partial charge in [0, 0.05) is 41.7 Å². The maximum absolute atomic E-state index is 14.7.